The molecular formula is C20H23N5O. The number of nitrogens with zero attached hydrogens (tertiary/aromatic N) is 5. The molecule has 0 fully saturated rings. The minimum absolute atomic E-state index is 0.0551. The number of oxime groups is 1. The first-order chi connectivity index (χ1) is 12.8. The van der Waals surface area contributed by atoms with E-state index in [4.69, 9.17) is 9.82 Å². The highest BCUT2D eigenvalue weighted by molar-refractivity contribution is 5.85. The second-order valence-corrected chi connectivity index (χ2v) is 6.47. The van der Waals surface area contributed by atoms with Crippen molar-refractivity contribution in [1.82, 2.24) is 19.1 Å². The number of aromatic nitrogens is 4. The third kappa shape index (κ3) is 3.03. The summed E-state index contributed by atoms with van der Waals surface area (Å²) in [6.45, 7) is 5.81. The van der Waals surface area contributed by atoms with Gasteiger partial charge in [0.1, 0.15) is 0 Å². The molecule has 6 heteroatoms. The van der Waals surface area contributed by atoms with Gasteiger partial charge >= 0.3 is 0 Å². The number of benzene rings is 1. The van der Waals surface area contributed by atoms with Crippen LogP contribution in [0.1, 0.15) is 26.7 Å². The van der Waals surface area contributed by atoms with Crippen molar-refractivity contribution in [1.29, 1.82) is 0 Å². The summed E-state index contributed by atoms with van der Waals surface area (Å²) in [5.41, 5.74) is 5.33. The molecule has 0 saturated heterocycles. The smallest absolute Gasteiger partial charge is 0.150 e. The molecule has 26 heavy (non-hydrogen) atoms. The highest BCUT2D eigenvalue weighted by Crippen LogP contribution is 2.32. The standard InChI is InChI=1S/C20H23N5O/c1-3-16-10-17(26-23-16)12-25-14-22-19(15-8-6-5-7-9-15)20(25)18-11-21-13-24(18)4-2/h5-9,11,13-14,17H,3-4,10,12H2,1-2H3/t17-/m0/s1. The van der Waals surface area contributed by atoms with E-state index in [1.54, 1.807) is 0 Å². The van der Waals surface area contributed by atoms with Gasteiger partial charge in [-0.2, -0.15) is 0 Å². The van der Waals surface area contributed by atoms with Crippen LogP contribution >= 0.6 is 0 Å². The summed E-state index contributed by atoms with van der Waals surface area (Å²) in [7, 11) is 0. The van der Waals surface area contributed by atoms with Crippen molar-refractivity contribution in [3.8, 4) is 22.6 Å². The molecule has 0 saturated carbocycles. The molecule has 6 nitrogen and oxygen atoms in total. The van der Waals surface area contributed by atoms with E-state index in [2.05, 4.69) is 45.3 Å². The minimum Gasteiger partial charge on any atom is -0.390 e. The van der Waals surface area contributed by atoms with Crippen molar-refractivity contribution in [2.45, 2.75) is 45.9 Å². The molecule has 1 atom stereocenters. The Bertz CT molecular complexity index is 909. The number of imidazole rings is 2. The fourth-order valence-electron chi connectivity index (χ4n) is 3.38. The van der Waals surface area contributed by atoms with Gasteiger partial charge in [0.05, 0.1) is 48.2 Å². The highest BCUT2D eigenvalue weighted by atomic mass is 16.6. The van der Waals surface area contributed by atoms with Crippen LogP contribution in [0.5, 0.6) is 0 Å². The van der Waals surface area contributed by atoms with Gasteiger partial charge < -0.3 is 14.0 Å². The van der Waals surface area contributed by atoms with Gasteiger partial charge in [-0.25, -0.2) is 9.97 Å². The average Bonchev–Trinajstić information content (AvgIpc) is 3.41. The molecule has 1 aliphatic heterocycles. The van der Waals surface area contributed by atoms with Crippen LogP contribution in [-0.2, 0) is 17.9 Å². The summed E-state index contributed by atoms with van der Waals surface area (Å²) in [5, 5.41) is 4.19. The lowest BCUT2D eigenvalue weighted by molar-refractivity contribution is 0.0728. The molecule has 1 aliphatic rings. The van der Waals surface area contributed by atoms with Crippen LogP contribution in [0.15, 0.2) is 54.3 Å². The van der Waals surface area contributed by atoms with Crippen LogP contribution < -0.4 is 0 Å². The first-order valence-electron chi connectivity index (χ1n) is 9.12. The predicted molar refractivity (Wildman–Crippen MR) is 102 cm³/mol. The van der Waals surface area contributed by atoms with E-state index in [1.807, 2.05) is 37.1 Å². The first kappa shape index (κ1) is 16.6. The molecule has 134 valence electrons. The summed E-state index contributed by atoms with van der Waals surface area (Å²) in [6.07, 6.45) is 7.54. The zero-order valence-electron chi connectivity index (χ0n) is 15.2. The van der Waals surface area contributed by atoms with Crippen molar-refractivity contribution in [2.75, 3.05) is 0 Å². The maximum absolute atomic E-state index is 5.62. The molecule has 0 unspecified atom stereocenters. The van der Waals surface area contributed by atoms with Gasteiger partial charge in [0.25, 0.3) is 0 Å². The normalized spacial score (nSPS) is 16.5. The van der Waals surface area contributed by atoms with Gasteiger partial charge in [-0.15, -0.1) is 0 Å². The maximum Gasteiger partial charge on any atom is 0.150 e. The summed E-state index contributed by atoms with van der Waals surface area (Å²) in [4.78, 5) is 14.7. The Morgan fingerprint density at radius 3 is 2.69 bits per heavy atom. The fraction of sp³-hybridized carbons (Fsp3) is 0.350. The minimum atomic E-state index is 0.0551. The maximum atomic E-state index is 5.62. The Kier molecular flexibility index (Phi) is 4.56. The Hall–Kier alpha value is -2.89. The molecule has 2 aromatic heterocycles. The number of hydrogen-bond acceptors (Lipinski definition) is 4. The van der Waals surface area contributed by atoms with Crippen molar-refractivity contribution in [3.05, 3.63) is 49.2 Å². The third-order valence-electron chi connectivity index (χ3n) is 4.78. The fourth-order valence-corrected chi connectivity index (χ4v) is 3.38. The molecule has 1 aromatic carbocycles. The Labute approximate surface area is 153 Å². The van der Waals surface area contributed by atoms with E-state index >= 15 is 0 Å². The largest absolute Gasteiger partial charge is 0.390 e. The highest BCUT2D eigenvalue weighted by Gasteiger charge is 2.24. The quantitative estimate of drug-likeness (QED) is 0.676. The predicted octanol–water partition coefficient (Wildman–Crippen LogP) is 3.99. The Balaban J connectivity index is 1.74. The molecule has 0 amide bonds. The van der Waals surface area contributed by atoms with Crippen LogP contribution in [0.4, 0.5) is 0 Å². The Morgan fingerprint density at radius 1 is 1.12 bits per heavy atom. The van der Waals surface area contributed by atoms with E-state index in [1.165, 1.54) is 0 Å². The zero-order valence-corrected chi connectivity index (χ0v) is 15.2. The number of aryl methyl sites for hydroxylation is 1. The van der Waals surface area contributed by atoms with Crippen molar-refractivity contribution >= 4 is 5.71 Å². The van der Waals surface area contributed by atoms with Gasteiger partial charge in [0, 0.05) is 18.5 Å². The molecule has 0 spiro atoms. The van der Waals surface area contributed by atoms with E-state index in [0.717, 1.165) is 54.3 Å². The van der Waals surface area contributed by atoms with E-state index in [0.29, 0.717) is 0 Å². The van der Waals surface area contributed by atoms with Crippen LogP contribution in [-0.4, -0.2) is 30.9 Å². The van der Waals surface area contributed by atoms with Crippen LogP contribution in [0.3, 0.4) is 0 Å². The van der Waals surface area contributed by atoms with Gasteiger partial charge in [-0.1, -0.05) is 42.4 Å². The van der Waals surface area contributed by atoms with Gasteiger partial charge in [0.15, 0.2) is 6.10 Å². The number of hydrogen-bond donors (Lipinski definition) is 0. The van der Waals surface area contributed by atoms with Gasteiger partial charge in [-0.05, 0) is 13.3 Å². The van der Waals surface area contributed by atoms with E-state index in [9.17, 15) is 0 Å². The zero-order chi connectivity index (χ0) is 17.9. The summed E-state index contributed by atoms with van der Waals surface area (Å²) in [5.74, 6) is 0. The van der Waals surface area contributed by atoms with E-state index in [-0.39, 0.29) is 6.10 Å². The second kappa shape index (κ2) is 7.15. The lowest BCUT2D eigenvalue weighted by Crippen LogP contribution is -2.17. The lowest BCUT2D eigenvalue weighted by atomic mass is 10.1. The summed E-state index contributed by atoms with van der Waals surface area (Å²) >= 11 is 0. The van der Waals surface area contributed by atoms with Crippen molar-refractivity contribution in [2.24, 2.45) is 5.16 Å². The van der Waals surface area contributed by atoms with Gasteiger partial charge in [-0.3, -0.25) is 0 Å². The molecule has 0 bridgehead atoms. The molecule has 0 radical (unpaired) electrons. The average molecular weight is 349 g/mol. The number of rotatable bonds is 6. The monoisotopic (exact) mass is 349 g/mol. The molecule has 3 aromatic rings. The van der Waals surface area contributed by atoms with Crippen LogP contribution in [0.2, 0.25) is 0 Å². The van der Waals surface area contributed by atoms with Crippen molar-refractivity contribution < 1.29 is 4.84 Å². The first-order valence-corrected chi connectivity index (χ1v) is 9.12. The van der Waals surface area contributed by atoms with Crippen molar-refractivity contribution in [3.63, 3.8) is 0 Å². The second-order valence-electron chi connectivity index (χ2n) is 6.47. The molecule has 4 rings (SSSR count). The van der Waals surface area contributed by atoms with Crippen LogP contribution in [0.25, 0.3) is 22.6 Å². The Morgan fingerprint density at radius 2 is 1.96 bits per heavy atom. The summed E-state index contributed by atoms with van der Waals surface area (Å²) < 4.78 is 4.31. The topological polar surface area (TPSA) is 57.2 Å². The SMILES string of the molecule is CCC1=NO[C@H](Cn2cnc(-c3ccccc3)c2-c2cncn2CC)C1. The molecular weight excluding hydrogens is 326 g/mol. The molecule has 0 N–H and O–H groups in total. The van der Waals surface area contributed by atoms with Crippen LogP contribution in [0, 0.1) is 0 Å². The third-order valence-corrected chi connectivity index (χ3v) is 4.78. The molecule has 3 heterocycles. The lowest BCUT2D eigenvalue weighted by Gasteiger charge is -2.14. The van der Waals surface area contributed by atoms with E-state index < -0.39 is 0 Å². The van der Waals surface area contributed by atoms with Gasteiger partial charge in [0.2, 0.25) is 0 Å². The summed E-state index contributed by atoms with van der Waals surface area (Å²) in [6, 6.07) is 10.3. The molecule has 0 aliphatic carbocycles.